The van der Waals surface area contributed by atoms with Gasteiger partial charge in [0, 0.05) is 11.8 Å². The van der Waals surface area contributed by atoms with E-state index in [9.17, 15) is 9.59 Å². The summed E-state index contributed by atoms with van der Waals surface area (Å²) in [5.41, 5.74) is 5.91. The fourth-order valence-electron chi connectivity index (χ4n) is 2.33. The number of hydrazine groups is 1. The smallest absolute Gasteiger partial charge is 0.279 e. The Kier molecular flexibility index (Phi) is 5.68. The maximum Gasteiger partial charge on any atom is 0.279 e. The lowest BCUT2D eigenvalue weighted by Crippen LogP contribution is -2.41. The summed E-state index contributed by atoms with van der Waals surface area (Å²) in [5, 5.41) is 0. The van der Waals surface area contributed by atoms with Gasteiger partial charge in [0.05, 0.1) is 29.7 Å². The highest BCUT2D eigenvalue weighted by Crippen LogP contribution is 2.28. The molecule has 0 saturated carbocycles. The van der Waals surface area contributed by atoms with Crippen LogP contribution in [0.5, 0.6) is 11.5 Å². The van der Waals surface area contributed by atoms with Crippen molar-refractivity contribution in [1.82, 2.24) is 15.8 Å². The van der Waals surface area contributed by atoms with Crippen molar-refractivity contribution in [3.05, 3.63) is 65.2 Å². The number of carbonyl (C=O) groups excluding carboxylic acids is 2. The van der Waals surface area contributed by atoms with E-state index in [4.69, 9.17) is 9.47 Å². The van der Waals surface area contributed by atoms with Crippen molar-refractivity contribution in [2.45, 2.75) is 0 Å². The lowest BCUT2D eigenvalue weighted by molar-refractivity contribution is 0.0848. The summed E-state index contributed by atoms with van der Waals surface area (Å²) >= 11 is 1.29. The summed E-state index contributed by atoms with van der Waals surface area (Å²) in [5.74, 6) is 0.0651. The monoisotopic (exact) mass is 383 g/mol. The van der Waals surface area contributed by atoms with Crippen LogP contribution in [0.2, 0.25) is 0 Å². The molecule has 0 unspecified atom stereocenters. The lowest BCUT2D eigenvalue weighted by Gasteiger charge is -2.10. The molecule has 3 aromatic rings. The van der Waals surface area contributed by atoms with E-state index < -0.39 is 11.8 Å². The van der Waals surface area contributed by atoms with Crippen LogP contribution >= 0.6 is 11.3 Å². The number of pyridine rings is 1. The summed E-state index contributed by atoms with van der Waals surface area (Å²) in [4.78, 5) is 30.1. The summed E-state index contributed by atoms with van der Waals surface area (Å²) in [6, 6.07) is 13.8. The number of nitrogens with zero attached hydrogens (tertiary/aromatic N) is 1. The lowest BCUT2D eigenvalue weighted by atomic mass is 10.2. The highest BCUT2D eigenvalue weighted by Gasteiger charge is 2.14. The zero-order valence-electron chi connectivity index (χ0n) is 14.7. The summed E-state index contributed by atoms with van der Waals surface area (Å²) in [7, 11) is 3.00. The Hall–Kier alpha value is -3.39. The molecule has 2 aromatic heterocycles. The molecule has 0 aliphatic rings. The number of amides is 2. The van der Waals surface area contributed by atoms with Crippen molar-refractivity contribution in [3.63, 3.8) is 0 Å². The van der Waals surface area contributed by atoms with E-state index in [1.807, 2.05) is 24.3 Å². The normalized spacial score (nSPS) is 10.1. The van der Waals surface area contributed by atoms with Crippen LogP contribution < -0.4 is 20.3 Å². The molecule has 0 radical (unpaired) electrons. The SMILES string of the molecule is COc1ccc(C(=O)NNC(=O)c2ccc(-c3ccccn3)s2)cc1OC. The first-order chi connectivity index (χ1) is 13.1. The third-order valence-corrected chi connectivity index (χ3v) is 4.79. The summed E-state index contributed by atoms with van der Waals surface area (Å²) < 4.78 is 10.3. The predicted octanol–water partition coefficient (Wildman–Crippen LogP) is 2.90. The third kappa shape index (κ3) is 4.24. The van der Waals surface area contributed by atoms with Gasteiger partial charge in [-0.3, -0.25) is 25.4 Å². The minimum atomic E-state index is -0.467. The molecule has 27 heavy (non-hydrogen) atoms. The van der Waals surface area contributed by atoms with Gasteiger partial charge in [-0.1, -0.05) is 6.07 Å². The Bertz CT molecular complexity index is 957. The van der Waals surface area contributed by atoms with Gasteiger partial charge in [-0.15, -0.1) is 11.3 Å². The fraction of sp³-hybridized carbons (Fsp3) is 0.105. The van der Waals surface area contributed by atoms with Crippen molar-refractivity contribution in [2.75, 3.05) is 14.2 Å². The standard InChI is InChI=1S/C19H17N3O4S/c1-25-14-7-6-12(11-15(14)26-2)18(23)21-22-19(24)17-9-8-16(27-17)13-5-3-4-10-20-13/h3-11H,1-2H3,(H,21,23)(H,22,24). The maximum absolute atomic E-state index is 12.3. The molecule has 138 valence electrons. The first-order valence-electron chi connectivity index (χ1n) is 7.96. The van der Waals surface area contributed by atoms with Gasteiger partial charge in [-0.25, -0.2) is 0 Å². The van der Waals surface area contributed by atoms with Gasteiger partial charge in [-0.05, 0) is 42.5 Å². The first kappa shape index (κ1) is 18.4. The summed E-state index contributed by atoms with van der Waals surface area (Å²) in [6.07, 6.45) is 1.69. The number of nitrogens with one attached hydrogen (secondary N) is 2. The minimum absolute atomic E-state index is 0.327. The third-order valence-electron chi connectivity index (χ3n) is 3.68. The zero-order valence-corrected chi connectivity index (χ0v) is 15.5. The van der Waals surface area contributed by atoms with Crippen molar-refractivity contribution < 1.29 is 19.1 Å². The van der Waals surface area contributed by atoms with Crippen molar-refractivity contribution in [1.29, 1.82) is 0 Å². The van der Waals surface area contributed by atoms with E-state index in [1.165, 1.54) is 31.6 Å². The molecule has 1 aromatic carbocycles. The predicted molar refractivity (Wildman–Crippen MR) is 102 cm³/mol. The average molecular weight is 383 g/mol. The van der Waals surface area contributed by atoms with Crippen molar-refractivity contribution in [2.24, 2.45) is 0 Å². The number of ether oxygens (including phenoxy) is 2. The molecule has 2 N–H and O–H groups in total. The van der Waals surface area contributed by atoms with Crippen LogP contribution in [0, 0.1) is 0 Å². The number of thiophene rings is 1. The number of hydrogen-bond donors (Lipinski definition) is 2. The first-order valence-corrected chi connectivity index (χ1v) is 8.78. The average Bonchev–Trinajstić information content (AvgIpc) is 3.22. The van der Waals surface area contributed by atoms with Crippen LogP contribution in [0.1, 0.15) is 20.0 Å². The molecule has 0 spiro atoms. The van der Waals surface area contributed by atoms with Gasteiger partial charge >= 0.3 is 0 Å². The molecule has 0 aliphatic heterocycles. The van der Waals surface area contributed by atoms with E-state index in [0.29, 0.717) is 21.9 Å². The van der Waals surface area contributed by atoms with Crippen LogP contribution in [-0.4, -0.2) is 31.0 Å². The molecule has 8 heteroatoms. The molecule has 2 heterocycles. The Morgan fingerprint density at radius 3 is 2.41 bits per heavy atom. The molecule has 0 saturated heterocycles. The molecule has 0 aliphatic carbocycles. The largest absolute Gasteiger partial charge is 0.493 e. The number of hydrogen-bond acceptors (Lipinski definition) is 6. The quantitative estimate of drug-likeness (QED) is 0.661. The molecular weight excluding hydrogens is 366 g/mol. The van der Waals surface area contributed by atoms with Gasteiger partial charge in [0.1, 0.15) is 0 Å². The van der Waals surface area contributed by atoms with Crippen molar-refractivity contribution in [3.8, 4) is 22.1 Å². The van der Waals surface area contributed by atoms with E-state index in [2.05, 4.69) is 15.8 Å². The van der Waals surface area contributed by atoms with Crippen LogP contribution in [0.3, 0.4) is 0 Å². The van der Waals surface area contributed by atoms with Gasteiger partial charge in [0.2, 0.25) is 0 Å². The second-order valence-corrected chi connectivity index (χ2v) is 6.44. The van der Waals surface area contributed by atoms with Crippen LogP contribution in [-0.2, 0) is 0 Å². The molecule has 0 fully saturated rings. The van der Waals surface area contributed by atoms with Crippen LogP contribution in [0.25, 0.3) is 10.6 Å². The molecule has 3 rings (SSSR count). The second-order valence-electron chi connectivity index (χ2n) is 5.36. The Morgan fingerprint density at radius 1 is 0.926 bits per heavy atom. The van der Waals surface area contributed by atoms with Crippen molar-refractivity contribution >= 4 is 23.2 Å². The van der Waals surface area contributed by atoms with E-state index in [1.54, 1.807) is 24.4 Å². The van der Waals surface area contributed by atoms with E-state index in [-0.39, 0.29) is 0 Å². The number of aromatic nitrogens is 1. The topological polar surface area (TPSA) is 89.6 Å². The van der Waals surface area contributed by atoms with Gasteiger partial charge in [0.25, 0.3) is 11.8 Å². The zero-order chi connectivity index (χ0) is 19.2. The Morgan fingerprint density at radius 2 is 1.70 bits per heavy atom. The molecule has 7 nitrogen and oxygen atoms in total. The summed E-state index contributed by atoms with van der Waals surface area (Å²) in [6.45, 7) is 0. The highest BCUT2D eigenvalue weighted by atomic mass is 32.1. The highest BCUT2D eigenvalue weighted by molar-refractivity contribution is 7.17. The number of carbonyl (C=O) groups is 2. The maximum atomic E-state index is 12.3. The second kappa shape index (κ2) is 8.33. The number of rotatable bonds is 5. The fourth-order valence-corrected chi connectivity index (χ4v) is 3.21. The molecule has 0 bridgehead atoms. The van der Waals surface area contributed by atoms with Crippen LogP contribution in [0.4, 0.5) is 0 Å². The number of benzene rings is 1. The molecule has 0 atom stereocenters. The Labute approximate surface area is 159 Å². The van der Waals surface area contributed by atoms with Gasteiger partial charge in [-0.2, -0.15) is 0 Å². The Balaban J connectivity index is 1.64. The van der Waals surface area contributed by atoms with E-state index >= 15 is 0 Å². The molecule has 2 amide bonds. The van der Waals surface area contributed by atoms with E-state index in [0.717, 1.165) is 10.6 Å². The minimum Gasteiger partial charge on any atom is -0.493 e. The van der Waals surface area contributed by atoms with Crippen LogP contribution in [0.15, 0.2) is 54.7 Å². The molecular formula is C19H17N3O4S. The van der Waals surface area contributed by atoms with Gasteiger partial charge in [0.15, 0.2) is 11.5 Å². The van der Waals surface area contributed by atoms with Gasteiger partial charge < -0.3 is 9.47 Å². The number of methoxy groups -OCH3 is 2.